The van der Waals surface area contributed by atoms with Gasteiger partial charge in [0.2, 0.25) is 5.91 Å². The number of β-amino-alcohol motifs (C(OH)–C–C–N with tert-alkyl or cyclic N) is 1. The average Bonchev–Trinajstić information content (AvgIpc) is 2.59. The molecule has 0 aromatic heterocycles. The summed E-state index contributed by atoms with van der Waals surface area (Å²) < 4.78 is 0. The van der Waals surface area contributed by atoms with Gasteiger partial charge in [0.05, 0.1) is 12.0 Å². The maximum Gasteiger partial charge on any atom is 0.224 e. The van der Waals surface area contributed by atoms with E-state index >= 15 is 0 Å². The molecule has 0 radical (unpaired) electrons. The molecular weight excluding hydrogens is 312 g/mol. The minimum absolute atomic E-state index is 0.119. The van der Waals surface area contributed by atoms with E-state index in [1.807, 2.05) is 12.1 Å². The predicted octanol–water partition coefficient (Wildman–Crippen LogP) is 2.81. The van der Waals surface area contributed by atoms with Crippen LogP contribution in [0.4, 0.5) is 0 Å². The zero-order valence-electron chi connectivity index (χ0n) is 15.5. The highest BCUT2D eigenvalue weighted by Crippen LogP contribution is 2.29. The largest absolute Gasteiger partial charge is 0.389 e. The first-order chi connectivity index (χ1) is 12.0. The molecular formula is C21H32N2O2. The zero-order chi connectivity index (χ0) is 17.7. The van der Waals surface area contributed by atoms with Crippen LogP contribution in [0.2, 0.25) is 0 Å². The first-order valence-electron chi connectivity index (χ1n) is 9.82. The molecule has 1 aliphatic carbocycles. The van der Waals surface area contributed by atoms with E-state index in [2.05, 4.69) is 29.3 Å². The van der Waals surface area contributed by atoms with Crippen molar-refractivity contribution in [2.24, 2.45) is 0 Å². The van der Waals surface area contributed by atoms with Crippen molar-refractivity contribution >= 4 is 5.91 Å². The molecule has 0 bridgehead atoms. The summed E-state index contributed by atoms with van der Waals surface area (Å²) in [6, 6.07) is 8.44. The van der Waals surface area contributed by atoms with Gasteiger partial charge in [0.1, 0.15) is 0 Å². The maximum absolute atomic E-state index is 12.3. The van der Waals surface area contributed by atoms with E-state index < -0.39 is 5.60 Å². The Balaban J connectivity index is 1.40. The van der Waals surface area contributed by atoms with E-state index in [4.69, 9.17) is 0 Å². The highest BCUT2D eigenvalue weighted by Gasteiger charge is 2.32. The normalized spacial score (nSPS) is 21.8. The van der Waals surface area contributed by atoms with Crippen LogP contribution in [0.15, 0.2) is 24.3 Å². The smallest absolute Gasteiger partial charge is 0.224 e. The van der Waals surface area contributed by atoms with Crippen molar-refractivity contribution in [2.45, 2.75) is 69.9 Å². The molecule has 138 valence electrons. The van der Waals surface area contributed by atoms with Gasteiger partial charge in [-0.3, -0.25) is 4.79 Å². The number of rotatable bonds is 5. The van der Waals surface area contributed by atoms with Crippen LogP contribution in [0, 0.1) is 6.92 Å². The van der Waals surface area contributed by atoms with Gasteiger partial charge in [-0.1, -0.05) is 49.1 Å². The Morgan fingerprint density at radius 3 is 2.44 bits per heavy atom. The summed E-state index contributed by atoms with van der Waals surface area (Å²) in [5.74, 6) is 0.119. The van der Waals surface area contributed by atoms with Crippen LogP contribution in [0.1, 0.15) is 56.1 Å². The van der Waals surface area contributed by atoms with Crippen LogP contribution in [-0.2, 0) is 11.2 Å². The quantitative estimate of drug-likeness (QED) is 0.864. The lowest BCUT2D eigenvalue weighted by Gasteiger charge is -2.40. The number of aliphatic hydroxyl groups is 1. The van der Waals surface area contributed by atoms with E-state index in [0.29, 0.717) is 6.42 Å². The van der Waals surface area contributed by atoms with Gasteiger partial charge >= 0.3 is 0 Å². The number of carbonyl (C=O) groups excluding carboxylic acids is 1. The van der Waals surface area contributed by atoms with Crippen LogP contribution in [0.25, 0.3) is 0 Å². The van der Waals surface area contributed by atoms with Crippen LogP contribution >= 0.6 is 0 Å². The molecule has 0 unspecified atom stereocenters. The SMILES string of the molecule is Cc1ccc(CC(=O)NC2CCN(CC3(O)CCCCC3)CC2)cc1. The number of carbonyl (C=O) groups is 1. The molecule has 0 atom stereocenters. The van der Waals surface area contributed by atoms with Gasteiger partial charge < -0.3 is 15.3 Å². The lowest BCUT2D eigenvalue weighted by molar-refractivity contribution is -0.121. The number of nitrogens with one attached hydrogen (secondary N) is 1. The second-order valence-corrected chi connectivity index (χ2v) is 8.07. The Morgan fingerprint density at radius 2 is 1.80 bits per heavy atom. The lowest BCUT2D eigenvalue weighted by Crippen LogP contribution is -2.50. The molecule has 1 aromatic carbocycles. The van der Waals surface area contributed by atoms with Gasteiger partial charge in [0, 0.05) is 25.7 Å². The fourth-order valence-corrected chi connectivity index (χ4v) is 4.19. The average molecular weight is 344 g/mol. The standard InChI is InChI=1S/C21H32N2O2/c1-17-5-7-18(8-6-17)15-20(24)22-19-9-13-23(14-10-19)16-21(25)11-3-2-4-12-21/h5-8,19,25H,2-4,9-16H2,1H3,(H,22,24). The molecule has 25 heavy (non-hydrogen) atoms. The Kier molecular flexibility index (Phi) is 6.13. The van der Waals surface area contributed by atoms with E-state index in [-0.39, 0.29) is 11.9 Å². The third-order valence-corrected chi connectivity index (χ3v) is 5.74. The maximum atomic E-state index is 12.3. The van der Waals surface area contributed by atoms with Gasteiger partial charge in [0.15, 0.2) is 0 Å². The summed E-state index contributed by atoms with van der Waals surface area (Å²) in [6.07, 6.45) is 7.88. The van der Waals surface area contributed by atoms with Crippen molar-refractivity contribution < 1.29 is 9.90 Å². The fourth-order valence-electron chi connectivity index (χ4n) is 4.19. The summed E-state index contributed by atoms with van der Waals surface area (Å²) in [6.45, 7) is 4.80. The van der Waals surface area contributed by atoms with E-state index in [9.17, 15) is 9.90 Å². The molecule has 1 heterocycles. The first kappa shape index (κ1) is 18.4. The summed E-state index contributed by atoms with van der Waals surface area (Å²) in [5, 5.41) is 13.9. The molecule has 1 aliphatic heterocycles. The summed E-state index contributed by atoms with van der Waals surface area (Å²) in [5.41, 5.74) is 1.82. The number of amides is 1. The van der Waals surface area contributed by atoms with Crippen molar-refractivity contribution in [2.75, 3.05) is 19.6 Å². The Bertz CT molecular complexity index is 556. The van der Waals surface area contributed by atoms with E-state index in [1.165, 1.54) is 12.0 Å². The van der Waals surface area contributed by atoms with Gasteiger partial charge in [-0.25, -0.2) is 0 Å². The molecule has 2 fully saturated rings. The molecule has 1 saturated carbocycles. The third-order valence-electron chi connectivity index (χ3n) is 5.74. The Hall–Kier alpha value is -1.39. The number of hydrogen-bond donors (Lipinski definition) is 2. The fraction of sp³-hybridized carbons (Fsp3) is 0.667. The molecule has 2 N–H and O–H groups in total. The number of nitrogens with zero attached hydrogens (tertiary/aromatic N) is 1. The van der Waals surface area contributed by atoms with Gasteiger partial charge in [-0.15, -0.1) is 0 Å². The van der Waals surface area contributed by atoms with Crippen molar-refractivity contribution in [3.8, 4) is 0 Å². The Morgan fingerprint density at radius 1 is 1.16 bits per heavy atom. The highest BCUT2D eigenvalue weighted by atomic mass is 16.3. The lowest BCUT2D eigenvalue weighted by atomic mass is 9.84. The molecule has 1 amide bonds. The minimum atomic E-state index is -0.472. The van der Waals surface area contributed by atoms with Crippen molar-refractivity contribution in [1.82, 2.24) is 10.2 Å². The summed E-state index contributed by atoms with van der Waals surface area (Å²) >= 11 is 0. The first-order valence-corrected chi connectivity index (χ1v) is 9.82. The molecule has 4 heteroatoms. The number of hydrogen-bond acceptors (Lipinski definition) is 3. The monoisotopic (exact) mass is 344 g/mol. The molecule has 1 saturated heterocycles. The number of likely N-dealkylation sites (tertiary alicyclic amines) is 1. The molecule has 3 rings (SSSR count). The van der Waals surface area contributed by atoms with Crippen molar-refractivity contribution in [3.05, 3.63) is 35.4 Å². The van der Waals surface area contributed by atoms with Crippen LogP contribution < -0.4 is 5.32 Å². The van der Waals surface area contributed by atoms with Crippen LogP contribution in [0.3, 0.4) is 0 Å². The van der Waals surface area contributed by atoms with Crippen molar-refractivity contribution in [3.63, 3.8) is 0 Å². The van der Waals surface area contributed by atoms with Crippen LogP contribution in [0.5, 0.6) is 0 Å². The second-order valence-electron chi connectivity index (χ2n) is 8.07. The minimum Gasteiger partial charge on any atom is -0.389 e. The topological polar surface area (TPSA) is 52.6 Å². The molecule has 1 aromatic rings. The van der Waals surface area contributed by atoms with E-state index in [0.717, 1.165) is 63.7 Å². The van der Waals surface area contributed by atoms with Gasteiger partial charge in [-0.05, 0) is 38.2 Å². The number of piperidine rings is 1. The Labute approximate surface area is 151 Å². The van der Waals surface area contributed by atoms with Gasteiger partial charge in [0.25, 0.3) is 0 Å². The van der Waals surface area contributed by atoms with E-state index in [1.54, 1.807) is 0 Å². The zero-order valence-corrected chi connectivity index (χ0v) is 15.5. The van der Waals surface area contributed by atoms with Gasteiger partial charge in [-0.2, -0.15) is 0 Å². The summed E-state index contributed by atoms with van der Waals surface area (Å²) in [4.78, 5) is 14.6. The predicted molar refractivity (Wildman–Crippen MR) is 101 cm³/mol. The second kappa shape index (κ2) is 8.33. The van der Waals surface area contributed by atoms with Crippen LogP contribution in [-0.4, -0.2) is 47.2 Å². The highest BCUT2D eigenvalue weighted by molar-refractivity contribution is 5.78. The molecule has 2 aliphatic rings. The summed E-state index contributed by atoms with van der Waals surface area (Å²) in [7, 11) is 0. The molecule has 0 spiro atoms. The third kappa shape index (κ3) is 5.55. The number of benzene rings is 1. The van der Waals surface area contributed by atoms with Crippen molar-refractivity contribution in [1.29, 1.82) is 0 Å². The number of aryl methyl sites for hydroxylation is 1. The molecule has 4 nitrogen and oxygen atoms in total.